The van der Waals surface area contributed by atoms with Crippen LogP contribution in [0.2, 0.25) is 0 Å². The second kappa shape index (κ2) is 4.26. The summed E-state index contributed by atoms with van der Waals surface area (Å²) in [4.78, 5) is 12.4. The zero-order valence-corrected chi connectivity index (χ0v) is 10.2. The van der Waals surface area contributed by atoms with E-state index in [9.17, 15) is 4.79 Å². The van der Waals surface area contributed by atoms with E-state index >= 15 is 0 Å². The van der Waals surface area contributed by atoms with Crippen LogP contribution in [-0.2, 0) is 6.54 Å². The third-order valence-corrected chi connectivity index (χ3v) is 4.01. The molecule has 3 atom stereocenters. The fraction of sp³-hybridized carbons (Fsp3) is 0.692. The number of aryl methyl sites for hydroxylation is 1. The largest absolute Gasteiger partial charge is 0.310 e. The van der Waals surface area contributed by atoms with Gasteiger partial charge in [-0.25, -0.2) is 0 Å². The molecular formula is C13H19N3O. The quantitative estimate of drug-likeness (QED) is 0.804. The molecule has 0 saturated carbocycles. The van der Waals surface area contributed by atoms with Crippen molar-refractivity contribution >= 4 is 5.78 Å². The number of rotatable bonds is 4. The van der Waals surface area contributed by atoms with Crippen molar-refractivity contribution in [2.24, 2.45) is 5.92 Å². The van der Waals surface area contributed by atoms with Crippen molar-refractivity contribution in [2.75, 3.05) is 0 Å². The van der Waals surface area contributed by atoms with Crippen LogP contribution < -0.4 is 5.32 Å². The lowest BCUT2D eigenvalue weighted by Crippen LogP contribution is -2.28. The zero-order valence-electron chi connectivity index (χ0n) is 10.2. The number of nitrogens with zero attached hydrogens (tertiary/aromatic N) is 2. The molecule has 2 aliphatic rings. The molecular weight excluding hydrogens is 214 g/mol. The minimum Gasteiger partial charge on any atom is -0.310 e. The summed E-state index contributed by atoms with van der Waals surface area (Å²) in [6.45, 7) is 3.01. The minimum absolute atomic E-state index is 0.188. The number of Topliss-reactive ketones (excluding diaryl/α,β-unsaturated/α-hetero) is 1. The number of hydrogen-bond donors (Lipinski definition) is 1. The molecule has 0 aliphatic carbocycles. The van der Waals surface area contributed by atoms with Gasteiger partial charge in [0.15, 0.2) is 5.78 Å². The van der Waals surface area contributed by atoms with E-state index in [-0.39, 0.29) is 11.7 Å². The van der Waals surface area contributed by atoms with Gasteiger partial charge in [0, 0.05) is 30.7 Å². The van der Waals surface area contributed by atoms with Crippen LogP contribution in [0.1, 0.15) is 43.0 Å². The molecule has 0 radical (unpaired) electrons. The Balaban J connectivity index is 1.73. The maximum Gasteiger partial charge on any atom is 0.170 e. The third-order valence-electron chi connectivity index (χ3n) is 4.01. The molecule has 4 heteroatoms. The summed E-state index contributed by atoms with van der Waals surface area (Å²) in [6, 6.07) is 1.00. The Morgan fingerprint density at radius 3 is 3.12 bits per heavy atom. The molecule has 2 saturated heterocycles. The Labute approximate surface area is 101 Å². The summed E-state index contributed by atoms with van der Waals surface area (Å²) in [5.41, 5.74) is 0.790. The van der Waals surface area contributed by atoms with Gasteiger partial charge in [-0.2, -0.15) is 5.10 Å². The molecule has 92 valence electrons. The highest BCUT2D eigenvalue weighted by Crippen LogP contribution is 2.35. The highest BCUT2D eigenvalue weighted by molar-refractivity contribution is 5.98. The third kappa shape index (κ3) is 1.90. The predicted octanol–water partition coefficient (Wildman–Crippen LogP) is 1.62. The Morgan fingerprint density at radius 2 is 2.47 bits per heavy atom. The van der Waals surface area contributed by atoms with Crippen LogP contribution in [0.3, 0.4) is 0 Å². The summed E-state index contributed by atoms with van der Waals surface area (Å²) in [5, 5.41) is 7.75. The summed E-state index contributed by atoms with van der Waals surface area (Å²) >= 11 is 0. The van der Waals surface area contributed by atoms with Gasteiger partial charge in [-0.1, -0.05) is 6.92 Å². The molecule has 4 nitrogen and oxygen atoms in total. The van der Waals surface area contributed by atoms with E-state index in [1.165, 1.54) is 6.42 Å². The number of hydrogen-bond acceptors (Lipinski definition) is 3. The summed E-state index contributed by atoms with van der Waals surface area (Å²) in [5.74, 6) is 0.472. The zero-order chi connectivity index (χ0) is 11.8. The average Bonchev–Trinajstić information content (AvgIpc) is 3.03. The van der Waals surface area contributed by atoms with Crippen LogP contribution in [0.4, 0.5) is 0 Å². The van der Waals surface area contributed by atoms with Crippen molar-refractivity contribution in [3.8, 4) is 0 Å². The van der Waals surface area contributed by atoms with Crippen molar-refractivity contribution in [3.63, 3.8) is 0 Å². The maximum atomic E-state index is 12.4. The van der Waals surface area contributed by atoms with Crippen molar-refractivity contribution in [3.05, 3.63) is 18.0 Å². The standard InChI is InChI=1S/C13H19N3O/c1-2-5-16-8-9(7-14-16)13(17)11-6-10-3-4-12(11)15-10/h7-8,10-12,15H,2-6H2,1H3. The Kier molecular flexibility index (Phi) is 2.74. The van der Waals surface area contributed by atoms with E-state index in [0.29, 0.717) is 12.1 Å². The first-order valence-corrected chi connectivity index (χ1v) is 6.60. The van der Waals surface area contributed by atoms with E-state index in [2.05, 4.69) is 17.3 Å². The summed E-state index contributed by atoms with van der Waals surface area (Å²) in [7, 11) is 0. The van der Waals surface area contributed by atoms with E-state index < -0.39 is 0 Å². The van der Waals surface area contributed by atoms with Crippen molar-refractivity contribution < 1.29 is 4.79 Å². The summed E-state index contributed by atoms with van der Waals surface area (Å²) < 4.78 is 1.87. The van der Waals surface area contributed by atoms with Crippen LogP contribution in [0.15, 0.2) is 12.4 Å². The van der Waals surface area contributed by atoms with Gasteiger partial charge in [0.25, 0.3) is 0 Å². The molecule has 3 unspecified atom stereocenters. The SMILES string of the molecule is CCCn1cc(C(=O)C2CC3CCC2N3)cn1. The predicted molar refractivity (Wildman–Crippen MR) is 64.9 cm³/mol. The van der Waals surface area contributed by atoms with Crippen molar-refractivity contribution in [1.29, 1.82) is 0 Å². The monoisotopic (exact) mass is 233 g/mol. The molecule has 3 rings (SSSR count). The molecule has 1 N–H and O–H groups in total. The normalized spacial score (nSPS) is 31.0. The fourth-order valence-corrected chi connectivity index (χ4v) is 3.17. The number of nitrogens with one attached hydrogen (secondary N) is 1. The first kappa shape index (κ1) is 11.0. The van der Waals surface area contributed by atoms with E-state index in [1.54, 1.807) is 6.20 Å². The maximum absolute atomic E-state index is 12.4. The first-order chi connectivity index (χ1) is 8.28. The smallest absolute Gasteiger partial charge is 0.170 e. The molecule has 0 aromatic carbocycles. The van der Waals surface area contributed by atoms with Gasteiger partial charge < -0.3 is 5.32 Å². The molecule has 2 fully saturated rings. The van der Waals surface area contributed by atoms with Gasteiger partial charge in [-0.05, 0) is 25.7 Å². The number of aromatic nitrogens is 2. The van der Waals surface area contributed by atoms with Crippen LogP contribution in [0, 0.1) is 5.92 Å². The lowest BCUT2D eigenvalue weighted by atomic mass is 9.84. The van der Waals surface area contributed by atoms with Crippen LogP contribution in [-0.4, -0.2) is 27.6 Å². The average molecular weight is 233 g/mol. The van der Waals surface area contributed by atoms with Gasteiger partial charge >= 0.3 is 0 Å². The molecule has 2 aliphatic heterocycles. The topological polar surface area (TPSA) is 46.9 Å². The number of carbonyl (C=O) groups is 1. The molecule has 1 aromatic heterocycles. The van der Waals surface area contributed by atoms with Gasteiger partial charge in [0.2, 0.25) is 0 Å². The molecule has 17 heavy (non-hydrogen) atoms. The van der Waals surface area contributed by atoms with Crippen LogP contribution in [0.5, 0.6) is 0 Å². The number of carbonyl (C=O) groups excluding carboxylic acids is 1. The Morgan fingerprint density at radius 1 is 1.59 bits per heavy atom. The Bertz CT molecular complexity index is 426. The van der Waals surface area contributed by atoms with Crippen molar-refractivity contribution in [1.82, 2.24) is 15.1 Å². The van der Waals surface area contributed by atoms with Crippen LogP contribution >= 0.6 is 0 Å². The lowest BCUT2D eigenvalue weighted by Gasteiger charge is -2.17. The van der Waals surface area contributed by atoms with E-state index in [1.807, 2.05) is 10.9 Å². The van der Waals surface area contributed by atoms with Crippen LogP contribution in [0.25, 0.3) is 0 Å². The highest BCUT2D eigenvalue weighted by atomic mass is 16.1. The molecule has 0 amide bonds. The first-order valence-electron chi connectivity index (χ1n) is 6.60. The highest BCUT2D eigenvalue weighted by Gasteiger charge is 2.42. The van der Waals surface area contributed by atoms with E-state index in [0.717, 1.165) is 31.4 Å². The van der Waals surface area contributed by atoms with Gasteiger partial charge in [0.05, 0.1) is 11.8 Å². The lowest BCUT2D eigenvalue weighted by molar-refractivity contribution is 0.0901. The second-order valence-electron chi connectivity index (χ2n) is 5.25. The Hall–Kier alpha value is -1.16. The molecule has 3 heterocycles. The summed E-state index contributed by atoms with van der Waals surface area (Å²) in [6.07, 6.45) is 8.09. The number of ketones is 1. The van der Waals surface area contributed by atoms with Gasteiger partial charge in [0.1, 0.15) is 0 Å². The van der Waals surface area contributed by atoms with Gasteiger partial charge in [-0.15, -0.1) is 0 Å². The minimum atomic E-state index is 0.188. The number of fused-ring (bicyclic) bond motifs is 2. The van der Waals surface area contributed by atoms with Gasteiger partial charge in [-0.3, -0.25) is 9.48 Å². The molecule has 2 bridgehead atoms. The van der Waals surface area contributed by atoms with Crippen molar-refractivity contribution in [2.45, 2.75) is 51.2 Å². The van der Waals surface area contributed by atoms with E-state index in [4.69, 9.17) is 0 Å². The fourth-order valence-electron chi connectivity index (χ4n) is 3.17. The molecule has 0 spiro atoms. The second-order valence-corrected chi connectivity index (χ2v) is 5.25. The molecule has 1 aromatic rings.